The topological polar surface area (TPSA) is 85.2 Å². The van der Waals surface area contributed by atoms with Crippen molar-refractivity contribution < 1.29 is 13.2 Å². The van der Waals surface area contributed by atoms with Crippen LogP contribution in [-0.2, 0) is 16.9 Å². The van der Waals surface area contributed by atoms with Crippen LogP contribution >= 0.6 is 0 Å². The Morgan fingerprint density at radius 1 is 1.50 bits per heavy atom. The Morgan fingerprint density at radius 2 is 2.22 bits per heavy atom. The van der Waals surface area contributed by atoms with Crippen LogP contribution in [-0.4, -0.2) is 36.4 Å². The first kappa shape index (κ1) is 12.8. The maximum absolute atomic E-state index is 11.9. The average Bonchev–Trinajstić information content (AvgIpc) is 2.62. The summed E-state index contributed by atoms with van der Waals surface area (Å²) >= 11 is 0. The molecule has 2 rings (SSSR count). The summed E-state index contributed by atoms with van der Waals surface area (Å²) in [4.78, 5) is 23.6. The number of aromatic nitrogens is 1. The summed E-state index contributed by atoms with van der Waals surface area (Å²) in [5.41, 5.74) is -0.361. The molecule has 0 radical (unpaired) electrons. The van der Waals surface area contributed by atoms with Crippen LogP contribution in [0.1, 0.15) is 16.8 Å². The molecular formula is C11H14N2O4S. The van der Waals surface area contributed by atoms with Gasteiger partial charge >= 0.3 is 0 Å². The Morgan fingerprint density at radius 3 is 2.83 bits per heavy atom. The van der Waals surface area contributed by atoms with Crippen LogP contribution < -0.4 is 10.9 Å². The molecule has 1 fully saturated rings. The van der Waals surface area contributed by atoms with Crippen molar-refractivity contribution in [1.29, 1.82) is 0 Å². The lowest BCUT2D eigenvalue weighted by molar-refractivity contribution is 0.0939. The van der Waals surface area contributed by atoms with Gasteiger partial charge < -0.3 is 9.88 Å². The number of carbonyl (C=O) groups is 1. The predicted molar refractivity (Wildman–Crippen MR) is 66.2 cm³/mol. The van der Waals surface area contributed by atoms with Gasteiger partial charge in [-0.2, -0.15) is 0 Å². The molecule has 6 nitrogen and oxygen atoms in total. The zero-order valence-corrected chi connectivity index (χ0v) is 10.7. The Labute approximate surface area is 105 Å². The van der Waals surface area contributed by atoms with Gasteiger partial charge in [0.2, 0.25) is 0 Å². The van der Waals surface area contributed by atoms with Crippen LogP contribution in [0, 0.1) is 0 Å². The third-order valence-corrected chi connectivity index (χ3v) is 4.70. The lowest BCUT2D eigenvalue weighted by atomic mass is 10.2. The van der Waals surface area contributed by atoms with Crippen LogP contribution in [0.2, 0.25) is 0 Å². The third kappa shape index (κ3) is 2.61. The van der Waals surface area contributed by atoms with Crippen LogP contribution in [0.5, 0.6) is 0 Å². The Bertz CT molecular complexity index is 633. The molecule has 1 atom stereocenters. The molecule has 1 amide bonds. The first-order valence-electron chi connectivity index (χ1n) is 5.56. The fourth-order valence-corrected chi connectivity index (χ4v) is 3.62. The van der Waals surface area contributed by atoms with Crippen LogP contribution in [0.3, 0.4) is 0 Å². The summed E-state index contributed by atoms with van der Waals surface area (Å²) in [6.07, 6.45) is 1.96. The molecule has 1 unspecified atom stereocenters. The highest BCUT2D eigenvalue weighted by Crippen LogP contribution is 2.11. The molecule has 1 aliphatic rings. The SMILES string of the molecule is Cn1cccc(C(=O)NC2CCS(=O)(=O)C2)c1=O. The van der Waals surface area contributed by atoms with Crippen molar-refractivity contribution in [3.8, 4) is 0 Å². The minimum Gasteiger partial charge on any atom is -0.348 e. The van der Waals surface area contributed by atoms with E-state index in [2.05, 4.69) is 5.32 Å². The summed E-state index contributed by atoms with van der Waals surface area (Å²) in [5.74, 6) is -0.477. The summed E-state index contributed by atoms with van der Waals surface area (Å²) in [6, 6.07) is 2.63. The van der Waals surface area contributed by atoms with E-state index >= 15 is 0 Å². The van der Waals surface area contributed by atoms with Crippen molar-refractivity contribution in [3.05, 3.63) is 34.2 Å². The molecule has 1 saturated heterocycles. The first-order valence-corrected chi connectivity index (χ1v) is 7.38. The smallest absolute Gasteiger partial charge is 0.263 e. The summed E-state index contributed by atoms with van der Waals surface area (Å²) in [6.45, 7) is 0. The monoisotopic (exact) mass is 270 g/mol. The minimum absolute atomic E-state index is 0.0318. The highest BCUT2D eigenvalue weighted by atomic mass is 32.2. The van der Waals surface area contributed by atoms with E-state index in [1.807, 2.05) is 0 Å². The Balaban J connectivity index is 2.14. The zero-order valence-electron chi connectivity index (χ0n) is 9.92. The Kier molecular flexibility index (Phi) is 3.25. The van der Waals surface area contributed by atoms with Crippen molar-refractivity contribution in [1.82, 2.24) is 9.88 Å². The van der Waals surface area contributed by atoms with Crippen molar-refractivity contribution in [2.24, 2.45) is 7.05 Å². The van der Waals surface area contributed by atoms with Gasteiger partial charge in [-0.15, -0.1) is 0 Å². The normalized spacial score (nSPS) is 21.7. The molecule has 18 heavy (non-hydrogen) atoms. The van der Waals surface area contributed by atoms with Crippen molar-refractivity contribution in [2.75, 3.05) is 11.5 Å². The van der Waals surface area contributed by atoms with Gasteiger partial charge in [-0.1, -0.05) is 0 Å². The molecular weight excluding hydrogens is 256 g/mol. The number of nitrogens with one attached hydrogen (secondary N) is 1. The van der Waals surface area contributed by atoms with E-state index in [9.17, 15) is 18.0 Å². The van der Waals surface area contributed by atoms with Crippen LogP contribution in [0.15, 0.2) is 23.1 Å². The van der Waals surface area contributed by atoms with Gasteiger partial charge in [-0.25, -0.2) is 8.42 Å². The predicted octanol–water partition coefficient (Wildman–Crippen LogP) is -0.698. The fourth-order valence-electron chi connectivity index (χ4n) is 1.94. The van der Waals surface area contributed by atoms with E-state index in [1.54, 1.807) is 19.3 Å². The second-order valence-corrected chi connectivity index (χ2v) is 6.64. The molecule has 0 aliphatic carbocycles. The molecule has 1 aromatic rings. The van der Waals surface area contributed by atoms with Gasteiger partial charge in [0.1, 0.15) is 5.56 Å². The molecule has 1 aromatic heterocycles. The maximum atomic E-state index is 11.9. The average molecular weight is 270 g/mol. The number of carbonyl (C=O) groups excluding carboxylic acids is 1. The summed E-state index contributed by atoms with van der Waals surface area (Å²) in [5, 5.41) is 2.59. The third-order valence-electron chi connectivity index (χ3n) is 2.94. The molecule has 0 spiro atoms. The highest BCUT2D eigenvalue weighted by molar-refractivity contribution is 7.91. The standard InChI is InChI=1S/C11H14N2O4S/c1-13-5-2-3-9(11(13)15)10(14)12-8-4-6-18(16,17)7-8/h2-3,5,8H,4,6-7H2,1H3,(H,12,14). The highest BCUT2D eigenvalue weighted by Gasteiger charge is 2.29. The number of amides is 1. The maximum Gasteiger partial charge on any atom is 0.263 e. The number of sulfone groups is 1. The van der Waals surface area contributed by atoms with Crippen LogP contribution in [0.4, 0.5) is 0 Å². The number of hydrogen-bond donors (Lipinski definition) is 1. The molecule has 1 aliphatic heterocycles. The molecule has 7 heteroatoms. The minimum atomic E-state index is -3.04. The molecule has 2 heterocycles. The second-order valence-electron chi connectivity index (χ2n) is 4.41. The largest absolute Gasteiger partial charge is 0.348 e. The van der Waals surface area contributed by atoms with Crippen molar-refractivity contribution in [2.45, 2.75) is 12.5 Å². The molecule has 0 saturated carbocycles. The number of aryl methyl sites for hydroxylation is 1. The van der Waals surface area contributed by atoms with E-state index in [-0.39, 0.29) is 17.1 Å². The van der Waals surface area contributed by atoms with E-state index in [0.29, 0.717) is 6.42 Å². The number of nitrogens with zero attached hydrogens (tertiary/aromatic N) is 1. The Hall–Kier alpha value is -1.63. The molecule has 98 valence electrons. The van der Waals surface area contributed by atoms with Gasteiger partial charge in [0.25, 0.3) is 11.5 Å². The van der Waals surface area contributed by atoms with Gasteiger partial charge in [0.15, 0.2) is 9.84 Å². The van der Waals surface area contributed by atoms with E-state index < -0.39 is 27.3 Å². The summed E-state index contributed by atoms with van der Waals surface area (Å²) < 4.78 is 23.8. The first-order chi connectivity index (χ1) is 8.39. The zero-order chi connectivity index (χ0) is 13.3. The van der Waals surface area contributed by atoms with E-state index in [4.69, 9.17) is 0 Å². The van der Waals surface area contributed by atoms with Gasteiger partial charge in [0.05, 0.1) is 11.5 Å². The lowest BCUT2D eigenvalue weighted by Gasteiger charge is -2.10. The van der Waals surface area contributed by atoms with E-state index in [0.717, 1.165) is 0 Å². The molecule has 1 N–H and O–H groups in total. The van der Waals surface area contributed by atoms with Gasteiger partial charge in [-0.05, 0) is 18.6 Å². The molecule has 0 bridgehead atoms. The van der Waals surface area contributed by atoms with Crippen molar-refractivity contribution >= 4 is 15.7 Å². The number of hydrogen-bond acceptors (Lipinski definition) is 4. The number of pyridine rings is 1. The summed E-state index contributed by atoms with van der Waals surface area (Å²) in [7, 11) is -1.48. The van der Waals surface area contributed by atoms with Crippen LogP contribution in [0.25, 0.3) is 0 Å². The van der Waals surface area contributed by atoms with Crippen molar-refractivity contribution in [3.63, 3.8) is 0 Å². The van der Waals surface area contributed by atoms with Gasteiger partial charge in [-0.3, -0.25) is 9.59 Å². The quantitative estimate of drug-likeness (QED) is 0.770. The fraction of sp³-hybridized carbons (Fsp3) is 0.455. The lowest BCUT2D eigenvalue weighted by Crippen LogP contribution is -2.39. The van der Waals surface area contributed by atoms with Gasteiger partial charge in [0, 0.05) is 19.3 Å². The number of rotatable bonds is 2. The van der Waals surface area contributed by atoms with E-state index in [1.165, 1.54) is 10.6 Å². The molecule has 0 aromatic carbocycles. The second kappa shape index (κ2) is 4.56.